The summed E-state index contributed by atoms with van der Waals surface area (Å²) in [6.45, 7) is 7.37. The van der Waals surface area contributed by atoms with E-state index >= 15 is 0 Å². The topological polar surface area (TPSA) is 52.6 Å². The van der Waals surface area contributed by atoms with Crippen LogP contribution in [0.4, 0.5) is 0 Å². The molecule has 0 fully saturated rings. The number of hydrogen-bond acceptors (Lipinski definition) is 4. The number of carbonyl (C=O) groups is 2. The van der Waals surface area contributed by atoms with Crippen molar-refractivity contribution in [3.05, 3.63) is 54.6 Å². The van der Waals surface area contributed by atoms with Crippen LogP contribution in [-0.4, -0.2) is 32.2 Å². The van der Waals surface area contributed by atoms with Crippen molar-refractivity contribution in [3.63, 3.8) is 0 Å². The van der Waals surface area contributed by atoms with E-state index in [0.29, 0.717) is 0 Å². The van der Waals surface area contributed by atoms with Crippen LogP contribution in [0.2, 0.25) is 19.1 Å². The average molecular weight is 359 g/mol. The molecule has 0 heterocycles. The molecule has 0 saturated carbocycles. The third-order valence-corrected chi connectivity index (χ3v) is 7.81. The molecule has 2 rings (SSSR count). The lowest BCUT2D eigenvalue weighted by atomic mass is 10.00. The van der Waals surface area contributed by atoms with Gasteiger partial charge in [-0.05, 0) is 12.1 Å². The van der Waals surface area contributed by atoms with Crippen molar-refractivity contribution in [3.8, 4) is 0 Å². The lowest BCUT2D eigenvalue weighted by Gasteiger charge is -2.33. The van der Waals surface area contributed by atoms with Gasteiger partial charge in [0.15, 0.2) is 6.10 Å². The largest absolute Gasteiger partial charge is 0.458 e. The lowest BCUT2D eigenvalue weighted by Crippen LogP contribution is -2.47. The van der Waals surface area contributed by atoms with Crippen molar-refractivity contribution < 1.29 is 19.1 Å². The summed E-state index contributed by atoms with van der Waals surface area (Å²) in [5.41, 5.74) is 0. The molecule has 0 aromatic heterocycles. The van der Waals surface area contributed by atoms with Crippen LogP contribution in [0.15, 0.2) is 54.6 Å². The maximum atomic E-state index is 11.6. The number of rotatable bonds is 5. The summed E-state index contributed by atoms with van der Waals surface area (Å²) in [5, 5.41) is 1.35. The third-order valence-electron chi connectivity index (χ3n) is 4.42. The normalized spacial score (nSPS) is 23.0. The Balaban J connectivity index is 2.28. The molecule has 1 aliphatic rings. The summed E-state index contributed by atoms with van der Waals surface area (Å²) in [6.07, 6.45) is 6.56. The molecule has 0 saturated heterocycles. The molecule has 0 spiro atoms. The molecule has 0 aliphatic heterocycles. The molecule has 3 atom stereocenters. The minimum atomic E-state index is -1.76. The molecule has 0 bridgehead atoms. The Kier molecular flexibility index (Phi) is 6.37. The molecule has 1 aromatic carbocycles. The number of allylic oxidation sites excluding steroid dienone is 2. The second-order valence-electron chi connectivity index (χ2n) is 7.04. The monoisotopic (exact) mass is 358 g/mol. The van der Waals surface area contributed by atoms with E-state index in [2.05, 4.69) is 43.4 Å². The quantitative estimate of drug-likeness (QED) is 0.599. The van der Waals surface area contributed by atoms with E-state index in [0.717, 1.165) is 6.04 Å². The molecule has 0 amide bonds. The zero-order valence-electron chi connectivity index (χ0n) is 15.3. The van der Waals surface area contributed by atoms with Gasteiger partial charge in [0, 0.05) is 19.8 Å². The van der Waals surface area contributed by atoms with E-state index in [-0.39, 0.29) is 17.9 Å². The maximum absolute atomic E-state index is 11.6. The Labute approximate surface area is 150 Å². The van der Waals surface area contributed by atoms with E-state index < -0.39 is 20.3 Å². The van der Waals surface area contributed by atoms with E-state index in [9.17, 15) is 9.59 Å². The smallest absolute Gasteiger partial charge is 0.303 e. The number of ether oxygens (including phenoxy) is 2. The number of hydrogen-bond donors (Lipinski definition) is 0. The lowest BCUT2D eigenvalue weighted by molar-refractivity contribution is -0.164. The predicted octanol–water partition coefficient (Wildman–Crippen LogP) is 3.21. The van der Waals surface area contributed by atoms with Crippen LogP contribution in [0, 0.1) is 5.92 Å². The average Bonchev–Trinajstić information content (AvgIpc) is 2.70. The zero-order chi connectivity index (χ0) is 18.4. The van der Waals surface area contributed by atoms with Gasteiger partial charge in [-0.25, -0.2) is 0 Å². The van der Waals surface area contributed by atoms with Crippen molar-refractivity contribution in [2.45, 2.75) is 45.2 Å². The number of esters is 2. The minimum Gasteiger partial charge on any atom is -0.458 e. The van der Waals surface area contributed by atoms with Gasteiger partial charge < -0.3 is 9.47 Å². The summed E-state index contributed by atoms with van der Waals surface area (Å²) in [6, 6.07) is 11.3. The molecule has 0 unspecified atom stereocenters. The Morgan fingerprint density at radius 2 is 1.56 bits per heavy atom. The van der Waals surface area contributed by atoms with Gasteiger partial charge in [-0.2, -0.15) is 0 Å². The first-order valence-electron chi connectivity index (χ1n) is 8.54. The zero-order valence-corrected chi connectivity index (χ0v) is 16.3. The third kappa shape index (κ3) is 5.43. The van der Waals surface area contributed by atoms with Gasteiger partial charge in [-0.15, -0.1) is 0 Å². The molecule has 1 aromatic rings. The van der Waals surface area contributed by atoms with E-state index in [1.807, 2.05) is 18.2 Å². The molecule has 25 heavy (non-hydrogen) atoms. The van der Waals surface area contributed by atoms with Crippen LogP contribution >= 0.6 is 0 Å². The summed E-state index contributed by atoms with van der Waals surface area (Å²) in [5.74, 6) is -0.757. The maximum Gasteiger partial charge on any atom is 0.303 e. The highest BCUT2D eigenvalue weighted by atomic mass is 28.3. The van der Waals surface area contributed by atoms with E-state index in [1.165, 1.54) is 19.0 Å². The fraction of sp³-hybridized carbons (Fsp3) is 0.400. The van der Waals surface area contributed by atoms with Gasteiger partial charge in [0.05, 0.1) is 8.07 Å². The highest BCUT2D eigenvalue weighted by molar-refractivity contribution is 6.89. The fourth-order valence-electron chi connectivity index (χ4n) is 3.27. The molecule has 0 radical (unpaired) electrons. The summed E-state index contributed by atoms with van der Waals surface area (Å²) >= 11 is 0. The van der Waals surface area contributed by atoms with Crippen molar-refractivity contribution in [2.75, 3.05) is 0 Å². The molecular weight excluding hydrogens is 332 g/mol. The molecular formula is C20H26O4Si. The number of carbonyl (C=O) groups excluding carboxylic acids is 2. The Morgan fingerprint density at radius 3 is 2.16 bits per heavy atom. The van der Waals surface area contributed by atoms with Gasteiger partial charge in [0.2, 0.25) is 0 Å². The van der Waals surface area contributed by atoms with Gasteiger partial charge in [0.25, 0.3) is 0 Å². The second kappa shape index (κ2) is 8.29. The summed E-state index contributed by atoms with van der Waals surface area (Å²) in [7, 11) is -1.76. The Hall–Kier alpha value is -2.14. The first-order chi connectivity index (χ1) is 11.8. The van der Waals surface area contributed by atoms with E-state index in [1.54, 1.807) is 6.08 Å². The highest BCUT2D eigenvalue weighted by Crippen LogP contribution is 2.29. The Morgan fingerprint density at radius 1 is 0.960 bits per heavy atom. The fourth-order valence-corrected chi connectivity index (χ4v) is 6.15. The van der Waals surface area contributed by atoms with Crippen LogP contribution in [0.1, 0.15) is 13.8 Å². The molecule has 1 aliphatic carbocycles. The molecule has 5 heteroatoms. The van der Waals surface area contributed by atoms with Gasteiger partial charge in [-0.1, -0.05) is 66.8 Å². The van der Waals surface area contributed by atoms with Crippen molar-refractivity contribution in [1.29, 1.82) is 0 Å². The minimum absolute atomic E-state index is 0.00915. The van der Waals surface area contributed by atoms with Crippen molar-refractivity contribution in [2.24, 2.45) is 5.92 Å². The van der Waals surface area contributed by atoms with Crippen LogP contribution in [-0.2, 0) is 19.1 Å². The highest BCUT2D eigenvalue weighted by Gasteiger charge is 2.37. The van der Waals surface area contributed by atoms with Crippen molar-refractivity contribution in [1.82, 2.24) is 0 Å². The van der Waals surface area contributed by atoms with Gasteiger partial charge >= 0.3 is 11.9 Å². The number of benzene rings is 1. The van der Waals surface area contributed by atoms with Crippen LogP contribution in [0.5, 0.6) is 0 Å². The van der Waals surface area contributed by atoms with Crippen molar-refractivity contribution >= 4 is 25.2 Å². The van der Waals surface area contributed by atoms with Crippen LogP contribution in [0.25, 0.3) is 0 Å². The van der Waals surface area contributed by atoms with Crippen LogP contribution in [0.3, 0.4) is 0 Å². The molecule has 4 nitrogen and oxygen atoms in total. The Bertz CT molecular complexity index is 664. The van der Waals surface area contributed by atoms with Gasteiger partial charge in [0.1, 0.15) is 6.10 Å². The standard InChI is InChI=1S/C20H26O4Si/c1-15(21)23-19-13-9-8-10-17(20(19)24-16(2)22)14-25(3,4)18-11-6-5-7-12-18/h5-13,17,19-20H,14H2,1-4H3/t17-,19+,20-/m0/s1. The first kappa shape index (κ1) is 19.2. The molecule has 0 N–H and O–H groups in total. The summed E-state index contributed by atoms with van der Waals surface area (Å²) < 4.78 is 11.0. The van der Waals surface area contributed by atoms with E-state index in [4.69, 9.17) is 9.47 Å². The predicted molar refractivity (Wildman–Crippen MR) is 101 cm³/mol. The van der Waals surface area contributed by atoms with Gasteiger partial charge in [-0.3, -0.25) is 9.59 Å². The van der Waals surface area contributed by atoms with Crippen LogP contribution < -0.4 is 5.19 Å². The second-order valence-corrected chi connectivity index (χ2v) is 11.8. The first-order valence-corrected chi connectivity index (χ1v) is 11.8. The SMILES string of the molecule is CC(=O)O[C@H]1[C@H](C[Si](C)(C)c2ccccc2)C=CC=C[C@H]1OC(C)=O. The molecule has 134 valence electrons. The summed E-state index contributed by atoms with van der Waals surface area (Å²) in [4.78, 5) is 23.1.